The Morgan fingerprint density at radius 2 is 1.74 bits per heavy atom. The maximum atomic E-state index is 12.6. The van der Waals surface area contributed by atoms with Crippen LogP contribution in [0.3, 0.4) is 0 Å². The molecule has 27 heavy (non-hydrogen) atoms. The zero-order chi connectivity index (χ0) is 19.1. The second-order valence-corrected chi connectivity index (χ2v) is 7.43. The first kappa shape index (κ1) is 17.2. The first-order valence-corrected chi connectivity index (χ1v) is 9.21. The fourth-order valence-electron chi connectivity index (χ4n) is 2.88. The number of nitrogens with zero attached hydrogens (tertiary/aromatic N) is 2. The number of amides is 4. The molecule has 0 unspecified atom stereocenters. The maximum Gasteiger partial charge on any atom is 0.319 e. The lowest BCUT2D eigenvalue weighted by atomic mass is 10.1. The molecule has 2 N–H and O–H groups in total. The molecule has 0 radical (unpaired) electrons. The van der Waals surface area contributed by atoms with Gasteiger partial charge in [0.2, 0.25) is 5.13 Å². The molecule has 0 bridgehead atoms. The largest absolute Gasteiger partial charge is 0.336 e. The monoisotopic (exact) mass is 380 g/mol. The number of benzene rings is 2. The summed E-state index contributed by atoms with van der Waals surface area (Å²) in [6.07, 6.45) is 0. The van der Waals surface area contributed by atoms with E-state index in [0.717, 1.165) is 9.60 Å². The molecule has 2 heterocycles. The summed E-state index contributed by atoms with van der Waals surface area (Å²) in [4.78, 5) is 42.6. The molecule has 1 aliphatic heterocycles. The number of aromatic nitrogens is 1. The number of hydrogen-bond acceptors (Lipinski definition) is 5. The molecular weight excluding hydrogens is 364 g/mol. The molecule has 7 nitrogen and oxygen atoms in total. The molecule has 1 aliphatic rings. The fourth-order valence-corrected chi connectivity index (χ4v) is 3.88. The minimum Gasteiger partial charge on any atom is -0.336 e. The van der Waals surface area contributed by atoms with Crippen LogP contribution in [-0.4, -0.2) is 28.9 Å². The molecule has 0 saturated carbocycles. The molecule has 0 fully saturated rings. The Balaban J connectivity index is 1.64. The Morgan fingerprint density at radius 1 is 1.07 bits per heavy atom. The van der Waals surface area contributed by atoms with Crippen molar-refractivity contribution in [3.8, 4) is 0 Å². The lowest BCUT2D eigenvalue weighted by molar-refractivity contribution is 0.0926. The summed E-state index contributed by atoms with van der Waals surface area (Å²) in [5.41, 5.74) is 2.03. The van der Waals surface area contributed by atoms with Gasteiger partial charge in [-0.05, 0) is 44.2 Å². The van der Waals surface area contributed by atoms with Crippen LogP contribution in [0.15, 0.2) is 42.5 Å². The van der Waals surface area contributed by atoms with Gasteiger partial charge in [-0.15, -0.1) is 0 Å². The quantitative estimate of drug-likeness (QED) is 0.679. The molecule has 0 atom stereocenters. The number of carbonyl (C=O) groups excluding carboxylic acids is 3. The highest BCUT2D eigenvalue weighted by atomic mass is 32.1. The molecule has 0 saturated heterocycles. The fraction of sp³-hybridized carbons (Fsp3) is 0.158. The minimum absolute atomic E-state index is 0.0255. The average Bonchev–Trinajstić information content (AvgIpc) is 3.13. The number of carbonyl (C=O) groups is 3. The van der Waals surface area contributed by atoms with Gasteiger partial charge in [0.25, 0.3) is 11.8 Å². The van der Waals surface area contributed by atoms with Crippen LogP contribution in [0.5, 0.6) is 0 Å². The molecule has 0 spiro atoms. The highest BCUT2D eigenvalue weighted by Crippen LogP contribution is 2.35. The van der Waals surface area contributed by atoms with E-state index in [1.807, 2.05) is 13.8 Å². The molecule has 8 heteroatoms. The molecule has 4 amide bonds. The zero-order valence-corrected chi connectivity index (χ0v) is 15.5. The number of rotatable bonds is 3. The number of fused-ring (bicyclic) bond motifs is 2. The summed E-state index contributed by atoms with van der Waals surface area (Å²) in [5.74, 6) is -0.742. The molecule has 3 aromatic rings. The van der Waals surface area contributed by atoms with Crippen LogP contribution in [0.2, 0.25) is 0 Å². The van der Waals surface area contributed by atoms with Gasteiger partial charge in [0.15, 0.2) is 0 Å². The standard InChI is InChI=1S/C19H16N4O3S/c1-10(2)20-18(26)21-11-7-8-14-15(9-11)27-19(22-14)23-16(24)12-5-3-4-6-13(12)17(23)25/h3-10H,1-2H3,(H2,20,21,26). The summed E-state index contributed by atoms with van der Waals surface area (Å²) in [6, 6.07) is 11.7. The van der Waals surface area contributed by atoms with Gasteiger partial charge in [0.1, 0.15) is 0 Å². The summed E-state index contributed by atoms with van der Waals surface area (Å²) < 4.78 is 0.768. The summed E-state index contributed by atoms with van der Waals surface area (Å²) >= 11 is 1.23. The third kappa shape index (κ3) is 3.04. The molecule has 0 aliphatic carbocycles. The number of thiazole rings is 1. The third-order valence-corrected chi connectivity index (χ3v) is 5.04. The summed E-state index contributed by atoms with van der Waals surface area (Å²) in [6.45, 7) is 3.75. The smallest absolute Gasteiger partial charge is 0.319 e. The van der Waals surface area contributed by atoms with Crippen molar-refractivity contribution in [2.75, 3.05) is 10.2 Å². The lowest BCUT2D eigenvalue weighted by Crippen LogP contribution is -2.34. The molecule has 1 aromatic heterocycles. The Bertz CT molecular complexity index is 1050. The van der Waals surface area contributed by atoms with Crippen molar-refractivity contribution in [2.24, 2.45) is 0 Å². The van der Waals surface area contributed by atoms with Crippen molar-refractivity contribution >= 4 is 50.2 Å². The van der Waals surface area contributed by atoms with Gasteiger partial charge in [0.05, 0.1) is 21.3 Å². The van der Waals surface area contributed by atoms with Crippen molar-refractivity contribution in [1.82, 2.24) is 10.3 Å². The molecular formula is C19H16N4O3S. The molecule has 2 aromatic carbocycles. The predicted octanol–water partition coefficient (Wildman–Crippen LogP) is 3.63. The SMILES string of the molecule is CC(C)NC(=O)Nc1ccc2nc(N3C(=O)c4ccccc4C3=O)sc2c1. The van der Waals surface area contributed by atoms with E-state index in [0.29, 0.717) is 27.5 Å². The highest BCUT2D eigenvalue weighted by Gasteiger charge is 2.38. The second-order valence-electron chi connectivity index (χ2n) is 6.42. The van der Waals surface area contributed by atoms with Crippen LogP contribution in [0.4, 0.5) is 15.6 Å². The van der Waals surface area contributed by atoms with Gasteiger partial charge in [-0.3, -0.25) is 9.59 Å². The normalized spacial score (nSPS) is 13.4. The Hall–Kier alpha value is -3.26. The first-order valence-electron chi connectivity index (χ1n) is 8.40. The van der Waals surface area contributed by atoms with Crippen LogP contribution in [0, 0.1) is 0 Å². The number of hydrogen-bond donors (Lipinski definition) is 2. The first-order chi connectivity index (χ1) is 12.9. The van der Waals surface area contributed by atoms with Gasteiger partial charge in [-0.1, -0.05) is 23.5 Å². The van der Waals surface area contributed by atoms with Crippen LogP contribution < -0.4 is 15.5 Å². The molecule has 136 valence electrons. The van der Waals surface area contributed by atoms with Crippen molar-refractivity contribution in [1.29, 1.82) is 0 Å². The van der Waals surface area contributed by atoms with Gasteiger partial charge < -0.3 is 10.6 Å². The zero-order valence-electron chi connectivity index (χ0n) is 14.6. The summed E-state index contributed by atoms with van der Waals surface area (Å²) in [5, 5.41) is 5.83. The van der Waals surface area contributed by atoms with E-state index in [-0.39, 0.29) is 23.9 Å². The van der Waals surface area contributed by atoms with Crippen molar-refractivity contribution < 1.29 is 14.4 Å². The van der Waals surface area contributed by atoms with Crippen LogP contribution >= 0.6 is 11.3 Å². The summed E-state index contributed by atoms with van der Waals surface area (Å²) in [7, 11) is 0. The van der Waals surface area contributed by atoms with Crippen molar-refractivity contribution in [3.05, 3.63) is 53.6 Å². The highest BCUT2D eigenvalue weighted by molar-refractivity contribution is 7.22. The third-order valence-electron chi connectivity index (χ3n) is 4.04. The van der Waals surface area contributed by atoms with Crippen LogP contribution in [0.1, 0.15) is 34.6 Å². The Morgan fingerprint density at radius 3 is 2.37 bits per heavy atom. The van der Waals surface area contributed by atoms with Gasteiger partial charge in [-0.2, -0.15) is 0 Å². The predicted molar refractivity (Wildman–Crippen MR) is 104 cm³/mol. The Kier molecular flexibility index (Phi) is 4.12. The van der Waals surface area contributed by atoms with E-state index < -0.39 is 0 Å². The van der Waals surface area contributed by atoms with E-state index in [4.69, 9.17) is 0 Å². The average molecular weight is 380 g/mol. The van der Waals surface area contributed by atoms with E-state index in [9.17, 15) is 14.4 Å². The number of nitrogens with one attached hydrogen (secondary N) is 2. The second kappa shape index (κ2) is 6.48. The minimum atomic E-state index is -0.371. The number of urea groups is 1. The van der Waals surface area contributed by atoms with Crippen LogP contribution in [0.25, 0.3) is 10.2 Å². The van der Waals surface area contributed by atoms with Gasteiger partial charge in [-0.25, -0.2) is 14.7 Å². The van der Waals surface area contributed by atoms with Crippen LogP contribution in [-0.2, 0) is 0 Å². The van der Waals surface area contributed by atoms with E-state index in [2.05, 4.69) is 15.6 Å². The van der Waals surface area contributed by atoms with E-state index in [1.165, 1.54) is 11.3 Å². The van der Waals surface area contributed by atoms with Gasteiger partial charge >= 0.3 is 6.03 Å². The lowest BCUT2D eigenvalue weighted by Gasteiger charge is -2.09. The maximum absolute atomic E-state index is 12.6. The van der Waals surface area contributed by atoms with E-state index >= 15 is 0 Å². The van der Waals surface area contributed by atoms with Crippen molar-refractivity contribution in [3.63, 3.8) is 0 Å². The number of imide groups is 1. The van der Waals surface area contributed by atoms with Gasteiger partial charge in [0, 0.05) is 11.7 Å². The molecule has 4 rings (SSSR count). The number of anilines is 2. The Labute approximate surface area is 159 Å². The van der Waals surface area contributed by atoms with E-state index in [1.54, 1.807) is 42.5 Å². The topological polar surface area (TPSA) is 91.4 Å². The van der Waals surface area contributed by atoms with Crippen molar-refractivity contribution in [2.45, 2.75) is 19.9 Å².